The highest BCUT2D eigenvalue weighted by Crippen LogP contribution is 2.28. The molecule has 4 rings (SSSR count). The van der Waals surface area contributed by atoms with Crippen LogP contribution in [0.15, 0.2) is 60.0 Å². The summed E-state index contributed by atoms with van der Waals surface area (Å²) < 4.78 is 11.2. The van der Waals surface area contributed by atoms with Crippen molar-refractivity contribution in [2.75, 3.05) is 32.1 Å². The van der Waals surface area contributed by atoms with Crippen molar-refractivity contribution in [1.29, 1.82) is 0 Å². The summed E-state index contributed by atoms with van der Waals surface area (Å²) in [6, 6.07) is 17.1. The van der Waals surface area contributed by atoms with Crippen molar-refractivity contribution in [3.05, 3.63) is 60.0 Å². The molecule has 1 amide bonds. The van der Waals surface area contributed by atoms with Crippen LogP contribution in [-0.2, 0) is 4.79 Å². The molecule has 3 aromatic rings. The van der Waals surface area contributed by atoms with Crippen LogP contribution < -0.4 is 14.8 Å². The molecule has 2 heterocycles. The third kappa shape index (κ3) is 5.45. The van der Waals surface area contributed by atoms with Crippen molar-refractivity contribution < 1.29 is 19.4 Å². The predicted molar refractivity (Wildman–Crippen MR) is 125 cm³/mol. The van der Waals surface area contributed by atoms with Gasteiger partial charge < -0.3 is 19.9 Å². The van der Waals surface area contributed by atoms with Crippen LogP contribution in [0.4, 0.5) is 5.13 Å². The summed E-state index contributed by atoms with van der Waals surface area (Å²) in [6.45, 7) is 2.96. The van der Waals surface area contributed by atoms with Crippen molar-refractivity contribution in [2.24, 2.45) is 0 Å². The summed E-state index contributed by atoms with van der Waals surface area (Å²) >= 11 is 1.38. The number of aromatic nitrogens is 1. The molecule has 0 saturated carbocycles. The maximum atomic E-state index is 12.6. The largest absolute Gasteiger partial charge is 0.497 e. The number of carbonyl (C=O) groups is 1. The number of nitrogens with zero attached hydrogens (tertiary/aromatic N) is 2. The Hall–Kier alpha value is -2.94. The van der Waals surface area contributed by atoms with Crippen LogP contribution in [0.3, 0.4) is 0 Å². The number of carbonyl (C=O) groups excluding carboxylic acids is 1. The number of nitrogens with one attached hydrogen (secondary N) is 1. The van der Waals surface area contributed by atoms with Gasteiger partial charge in [0.1, 0.15) is 23.2 Å². The van der Waals surface area contributed by atoms with E-state index in [0.717, 1.165) is 22.8 Å². The number of aliphatic hydroxyl groups is 1. The molecule has 0 unspecified atom stereocenters. The van der Waals surface area contributed by atoms with Crippen LogP contribution in [0.5, 0.6) is 11.5 Å². The van der Waals surface area contributed by atoms with Crippen LogP contribution in [-0.4, -0.2) is 59.3 Å². The van der Waals surface area contributed by atoms with E-state index >= 15 is 0 Å². The van der Waals surface area contributed by atoms with E-state index < -0.39 is 5.60 Å². The number of likely N-dealkylation sites (tertiary alicyclic amines) is 1. The lowest BCUT2D eigenvalue weighted by Gasteiger charge is -2.42. The van der Waals surface area contributed by atoms with Gasteiger partial charge in [0, 0.05) is 24.0 Å². The van der Waals surface area contributed by atoms with Crippen LogP contribution in [0.2, 0.25) is 0 Å². The summed E-state index contributed by atoms with van der Waals surface area (Å²) in [6.07, 6.45) is 0.309. The molecule has 1 aliphatic rings. The minimum atomic E-state index is -1.06. The second kappa shape index (κ2) is 9.68. The summed E-state index contributed by atoms with van der Waals surface area (Å²) in [5.74, 6) is 1.37. The smallest absolute Gasteiger partial charge is 0.240 e. The first kappa shape index (κ1) is 22.3. The molecular formula is C24H27N3O4S. The average molecular weight is 454 g/mol. The maximum absolute atomic E-state index is 12.6. The Morgan fingerprint density at radius 2 is 1.97 bits per heavy atom. The molecule has 0 aliphatic carbocycles. The minimum Gasteiger partial charge on any atom is -0.497 e. The fourth-order valence-electron chi connectivity index (χ4n) is 3.82. The standard InChI is InChI=1S/C24H27N3O4S/c1-24(29)16-27(13-12-21(24)31-19-6-4-3-5-7-19)14-22(28)26-23-25-20(15-32-23)17-8-10-18(30-2)11-9-17/h3-11,15,21,29H,12-14,16H2,1-2H3,(H,25,26,28)/t21-,24-/m0/s1. The molecule has 2 atom stereocenters. The molecule has 2 N–H and O–H groups in total. The van der Waals surface area contributed by atoms with Gasteiger partial charge in [0.05, 0.1) is 19.3 Å². The summed E-state index contributed by atoms with van der Waals surface area (Å²) in [5, 5.41) is 16.2. The molecule has 1 saturated heterocycles. The number of β-amino-alcohol motifs (C(OH)–C–C–N with tert-alkyl or cyclic N) is 1. The van der Waals surface area contributed by atoms with Crippen LogP contribution in [0, 0.1) is 0 Å². The van der Waals surface area contributed by atoms with Gasteiger partial charge >= 0.3 is 0 Å². The summed E-state index contributed by atoms with van der Waals surface area (Å²) in [7, 11) is 1.63. The normalized spacial score (nSPS) is 21.2. The van der Waals surface area contributed by atoms with E-state index in [1.807, 2.05) is 64.9 Å². The zero-order chi connectivity index (χ0) is 22.6. The van der Waals surface area contributed by atoms with Gasteiger partial charge in [-0.2, -0.15) is 0 Å². The van der Waals surface area contributed by atoms with Crippen molar-refractivity contribution in [2.45, 2.75) is 25.0 Å². The van der Waals surface area contributed by atoms with E-state index in [2.05, 4.69) is 10.3 Å². The number of para-hydroxylation sites is 1. The number of thiazole rings is 1. The van der Waals surface area contributed by atoms with Crippen LogP contribution in [0.1, 0.15) is 13.3 Å². The zero-order valence-corrected chi connectivity index (χ0v) is 19.0. The van der Waals surface area contributed by atoms with Crippen molar-refractivity contribution in [3.63, 3.8) is 0 Å². The van der Waals surface area contributed by atoms with Gasteiger partial charge in [-0.25, -0.2) is 4.98 Å². The fraction of sp³-hybridized carbons (Fsp3) is 0.333. The fourth-order valence-corrected chi connectivity index (χ4v) is 4.55. The lowest BCUT2D eigenvalue weighted by molar-refractivity contribution is -0.123. The Morgan fingerprint density at radius 1 is 1.22 bits per heavy atom. The third-order valence-electron chi connectivity index (χ3n) is 5.47. The van der Waals surface area contributed by atoms with Gasteiger partial charge in [-0.15, -0.1) is 11.3 Å². The molecule has 8 heteroatoms. The van der Waals surface area contributed by atoms with Crippen molar-refractivity contribution in [3.8, 4) is 22.8 Å². The van der Waals surface area contributed by atoms with Crippen LogP contribution in [0.25, 0.3) is 11.3 Å². The zero-order valence-electron chi connectivity index (χ0n) is 18.2. The average Bonchev–Trinajstić information content (AvgIpc) is 3.24. The quantitative estimate of drug-likeness (QED) is 0.568. The molecule has 0 radical (unpaired) electrons. The van der Waals surface area contributed by atoms with E-state index in [1.54, 1.807) is 14.0 Å². The first-order chi connectivity index (χ1) is 15.4. The highest BCUT2D eigenvalue weighted by atomic mass is 32.1. The lowest BCUT2D eigenvalue weighted by Crippen LogP contribution is -2.58. The van der Waals surface area contributed by atoms with Gasteiger partial charge in [-0.1, -0.05) is 18.2 Å². The monoisotopic (exact) mass is 453 g/mol. The molecule has 1 fully saturated rings. The topological polar surface area (TPSA) is 83.9 Å². The highest BCUT2D eigenvalue weighted by Gasteiger charge is 2.40. The van der Waals surface area contributed by atoms with Gasteiger partial charge in [0.15, 0.2) is 5.13 Å². The van der Waals surface area contributed by atoms with Gasteiger partial charge in [0.25, 0.3) is 0 Å². The summed E-state index contributed by atoms with van der Waals surface area (Å²) in [4.78, 5) is 19.0. The van der Waals surface area contributed by atoms with Crippen molar-refractivity contribution >= 4 is 22.4 Å². The Kier molecular flexibility index (Phi) is 6.74. The lowest BCUT2D eigenvalue weighted by atomic mass is 9.91. The van der Waals surface area contributed by atoms with Crippen molar-refractivity contribution in [1.82, 2.24) is 9.88 Å². The predicted octanol–water partition coefficient (Wildman–Crippen LogP) is 3.66. The van der Waals surface area contributed by atoms with E-state index in [1.165, 1.54) is 11.3 Å². The number of hydrogen-bond acceptors (Lipinski definition) is 7. The SMILES string of the molecule is COc1ccc(-c2csc(NC(=O)CN3CC[C@H](Oc4ccccc4)[C@@](C)(O)C3)n2)cc1. The number of benzene rings is 2. The minimum absolute atomic E-state index is 0.154. The van der Waals surface area contributed by atoms with Gasteiger partial charge in [0.2, 0.25) is 5.91 Å². The number of hydrogen-bond donors (Lipinski definition) is 2. The molecule has 1 aliphatic heterocycles. The molecule has 0 bridgehead atoms. The Labute approximate surface area is 191 Å². The summed E-state index contributed by atoms with van der Waals surface area (Å²) in [5.41, 5.74) is 0.700. The molecule has 7 nitrogen and oxygen atoms in total. The number of piperidine rings is 1. The highest BCUT2D eigenvalue weighted by molar-refractivity contribution is 7.14. The van der Waals surface area contributed by atoms with E-state index in [0.29, 0.717) is 24.6 Å². The second-order valence-electron chi connectivity index (χ2n) is 8.09. The first-order valence-electron chi connectivity index (χ1n) is 10.5. The molecule has 2 aromatic carbocycles. The maximum Gasteiger partial charge on any atom is 0.240 e. The molecular weight excluding hydrogens is 426 g/mol. The number of ether oxygens (including phenoxy) is 2. The van der Waals surface area contributed by atoms with Gasteiger partial charge in [-0.3, -0.25) is 9.69 Å². The molecule has 1 aromatic heterocycles. The molecule has 168 valence electrons. The van der Waals surface area contributed by atoms with E-state index in [-0.39, 0.29) is 18.6 Å². The van der Waals surface area contributed by atoms with E-state index in [4.69, 9.17) is 9.47 Å². The number of methoxy groups -OCH3 is 1. The van der Waals surface area contributed by atoms with Crippen LogP contribution >= 0.6 is 11.3 Å². The van der Waals surface area contributed by atoms with Gasteiger partial charge in [-0.05, 0) is 49.7 Å². The first-order valence-corrected chi connectivity index (χ1v) is 11.4. The number of rotatable bonds is 7. The van der Waals surface area contributed by atoms with E-state index in [9.17, 15) is 9.90 Å². The Balaban J connectivity index is 1.30. The Bertz CT molecular complexity index is 1040. The molecule has 32 heavy (non-hydrogen) atoms. The number of anilines is 1. The number of amides is 1. The molecule has 0 spiro atoms. The third-order valence-corrected chi connectivity index (χ3v) is 6.23. The second-order valence-corrected chi connectivity index (χ2v) is 8.95. The Morgan fingerprint density at radius 3 is 2.66 bits per heavy atom.